The first-order chi connectivity index (χ1) is 11.6. The smallest absolute Gasteiger partial charge is 0.132 e. The molecular weight excluding hydrogens is 311 g/mol. The van der Waals surface area contributed by atoms with Crippen LogP contribution in [0.3, 0.4) is 0 Å². The second kappa shape index (κ2) is 6.62. The van der Waals surface area contributed by atoms with Crippen LogP contribution in [0.4, 0.5) is 24.5 Å². The lowest BCUT2D eigenvalue weighted by Crippen LogP contribution is -2.15. The summed E-state index contributed by atoms with van der Waals surface area (Å²) in [5.74, 6) is -1.18. The molecule has 0 radical (unpaired) electrons. The molecule has 0 unspecified atom stereocenters. The molecule has 0 atom stereocenters. The van der Waals surface area contributed by atoms with Gasteiger partial charge in [0.25, 0.3) is 0 Å². The van der Waals surface area contributed by atoms with Crippen LogP contribution < -0.4 is 4.90 Å². The molecule has 24 heavy (non-hydrogen) atoms. The number of hydrogen-bond acceptors (Lipinski definition) is 1. The van der Waals surface area contributed by atoms with Crippen molar-refractivity contribution in [3.63, 3.8) is 0 Å². The van der Waals surface area contributed by atoms with Crippen LogP contribution in [0, 0.1) is 17.5 Å². The minimum atomic E-state index is -0.420. The number of nitrogens with zero attached hydrogens (tertiary/aromatic N) is 1. The van der Waals surface area contributed by atoms with Gasteiger partial charge in [-0.3, -0.25) is 0 Å². The standard InChI is InChI=1S/C20H14F3N/c1-14(19-4-2-3-5-20(19)23)24(17-10-6-15(21)7-11-17)18-12-8-16(22)9-13-18/h2-13H,1H2. The zero-order valence-electron chi connectivity index (χ0n) is 12.7. The second-order valence-corrected chi connectivity index (χ2v) is 5.21. The van der Waals surface area contributed by atoms with Crippen molar-refractivity contribution in [1.82, 2.24) is 0 Å². The van der Waals surface area contributed by atoms with Gasteiger partial charge in [-0.15, -0.1) is 0 Å². The summed E-state index contributed by atoms with van der Waals surface area (Å²) >= 11 is 0. The zero-order valence-corrected chi connectivity index (χ0v) is 12.7. The number of benzene rings is 3. The van der Waals surface area contributed by atoms with Crippen LogP contribution in [-0.2, 0) is 0 Å². The Bertz CT molecular complexity index is 809. The van der Waals surface area contributed by atoms with Crippen molar-refractivity contribution < 1.29 is 13.2 Å². The molecule has 0 aliphatic carbocycles. The lowest BCUT2D eigenvalue weighted by molar-refractivity contribution is 0.623. The number of halogens is 3. The zero-order chi connectivity index (χ0) is 17.1. The minimum Gasteiger partial charge on any atom is -0.310 e. The maximum absolute atomic E-state index is 14.2. The number of rotatable bonds is 4. The SMILES string of the molecule is C=C(c1ccccc1F)N(c1ccc(F)cc1)c1ccc(F)cc1. The average molecular weight is 325 g/mol. The van der Waals surface area contributed by atoms with E-state index in [4.69, 9.17) is 0 Å². The topological polar surface area (TPSA) is 3.24 Å². The van der Waals surface area contributed by atoms with Gasteiger partial charge in [-0.05, 0) is 60.7 Å². The summed E-state index contributed by atoms with van der Waals surface area (Å²) in [6, 6.07) is 17.7. The molecule has 3 rings (SSSR count). The highest BCUT2D eigenvalue weighted by Crippen LogP contribution is 2.34. The van der Waals surface area contributed by atoms with E-state index in [0.29, 0.717) is 22.6 Å². The molecule has 0 aliphatic rings. The molecule has 120 valence electrons. The van der Waals surface area contributed by atoms with Crippen molar-refractivity contribution in [1.29, 1.82) is 0 Å². The second-order valence-electron chi connectivity index (χ2n) is 5.21. The molecule has 3 aromatic rings. The van der Waals surface area contributed by atoms with Crippen LogP contribution in [0.15, 0.2) is 79.4 Å². The van der Waals surface area contributed by atoms with Crippen LogP contribution in [-0.4, -0.2) is 0 Å². The normalized spacial score (nSPS) is 10.5. The van der Waals surface area contributed by atoms with Crippen LogP contribution >= 0.6 is 0 Å². The van der Waals surface area contributed by atoms with Gasteiger partial charge >= 0.3 is 0 Å². The van der Waals surface area contributed by atoms with Gasteiger partial charge in [0.15, 0.2) is 0 Å². The van der Waals surface area contributed by atoms with Gasteiger partial charge in [0.1, 0.15) is 17.5 Å². The lowest BCUT2D eigenvalue weighted by Gasteiger charge is -2.27. The highest BCUT2D eigenvalue weighted by molar-refractivity contribution is 5.86. The van der Waals surface area contributed by atoms with E-state index in [9.17, 15) is 13.2 Å². The third-order valence-electron chi connectivity index (χ3n) is 3.62. The molecule has 0 bridgehead atoms. The van der Waals surface area contributed by atoms with E-state index in [2.05, 4.69) is 6.58 Å². The quantitative estimate of drug-likeness (QED) is 0.576. The van der Waals surface area contributed by atoms with Gasteiger partial charge in [-0.1, -0.05) is 18.7 Å². The van der Waals surface area contributed by atoms with E-state index < -0.39 is 5.82 Å². The molecular formula is C20H14F3N. The van der Waals surface area contributed by atoms with E-state index in [-0.39, 0.29) is 11.6 Å². The van der Waals surface area contributed by atoms with Gasteiger partial charge < -0.3 is 4.90 Å². The molecule has 0 fully saturated rings. The Hall–Kier alpha value is -3.01. The van der Waals surface area contributed by atoms with Crippen molar-refractivity contribution in [2.24, 2.45) is 0 Å². The average Bonchev–Trinajstić information content (AvgIpc) is 2.59. The molecule has 3 aromatic carbocycles. The summed E-state index contributed by atoms with van der Waals surface area (Å²) in [5.41, 5.74) is 1.87. The molecule has 0 aromatic heterocycles. The van der Waals surface area contributed by atoms with Gasteiger partial charge in [0, 0.05) is 22.6 Å². The van der Waals surface area contributed by atoms with Crippen molar-refractivity contribution in [3.05, 3.63) is 102 Å². The fourth-order valence-electron chi connectivity index (χ4n) is 2.46. The van der Waals surface area contributed by atoms with E-state index in [0.717, 1.165) is 0 Å². The minimum absolute atomic E-state index is 0.311. The Morgan fingerprint density at radius 3 is 1.58 bits per heavy atom. The van der Waals surface area contributed by atoms with Gasteiger partial charge in [0.2, 0.25) is 0 Å². The fourth-order valence-corrected chi connectivity index (χ4v) is 2.46. The molecule has 0 heterocycles. The van der Waals surface area contributed by atoms with Crippen molar-refractivity contribution in [2.45, 2.75) is 0 Å². The predicted molar refractivity (Wildman–Crippen MR) is 90.4 cm³/mol. The van der Waals surface area contributed by atoms with Crippen LogP contribution in [0.2, 0.25) is 0 Å². The molecule has 0 N–H and O–H groups in total. The van der Waals surface area contributed by atoms with Crippen molar-refractivity contribution in [3.8, 4) is 0 Å². The molecule has 0 amide bonds. The maximum atomic E-state index is 14.2. The van der Waals surface area contributed by atoms with E-state index in [1.54, 1.807) is 47.4 Å². The van der Waals surface area contributed by atoms with Crippen LogP contribution in [0.25, 0.3) is 5.70 Å². The summed E-state index contributed by atoms with van der Waals surface area (Å²) < 4.78 is 40.6. The summed E-state index contributed by atoms with van der Waals surface area (Å²) in [5, 5.41) is 0. The van der Waals surface area contributed by atoms with Gasteiger partial charge in [0.05, 0.1) is 0 Å². The predicted octanol–water partition coefficient (Wildman–Crippen LogP) is 5.91. The van der Waals surface area contributed by atoms with E-state index in [1.807, 2.05) is 0 Å². The van der Waals surface area contributed by atoms with Crippen molar-refractivity contribution in [2.75, 3.05) is 4.90 Å². The monoisotopic (exact) mass is 325 g/mol. The molecule has 0 saturated carbocycles. The Kier molecular flexibility index (Phi) is 4.38. The lowest BCUT2D eigenvalue weighted by atomic mass is 10.1. The number of hydrogen-bond donors (Lipinski definition) is 0. The molecule has 4 heteroatoms. The molecule has 1 nitrogen and oxygen atoms in total. The highest BCUT2D eigenvalue weighted by Gasteiger charge is 2.17. The van der Waals surface area contributed by atoms with Gasteiger partial charge in [-0.25, -0.2) is 13.2 Å². The van der Waals surface area contributed by atoms with Crippen LogP contribution in [0.1, 0.15) is 5.56 Å². The third kappa shape index (κ3) is 3.18. The van der Waals surface area contributed by atoms with Gasteiger partial charge in [-0.2, -0.15) is 0 Å². The maximum Gasteiger partial charge on any atom is 0.132 e. The van der Waals surface area contributed by atoms with Crippen molar-refractivity contribution >= 4 is 17.1 Å². The van der Waals surface area contributed by atoms with E-state index >= 15 is 0 Å². The Labute approximate surface area is 138 Å². The molecule has 0 aliphatic heterocycles. The Morgan fingerprint density at radius 2 is 1.12 bits per heavy atom. The van der Waals surface area contributed by atoms with Crippen LogP contribution in [0.5, 0.6) is 0 Å². The molecule has 0 spiro atoms. The highest BCUT2D eigenvalue weighted by atomic mass is 19.1. The third-order valence-corrected chi connectivity index (χ3v) is 3.62. The summed E-state index contributed by atoms with van der Waals surface area (Å²) in [7, 11) is 0. The Morgan fingerprint density at radius 1 is 0.667 bits per heavy atom. The first-order valence-corrected chi connectivity index (χ1v) is 7.31. The summed E-state index contributed by atoms with van der Waals surface area (Å²) in [4.78, 5) is 1.65. The summed E-state index contributed by atoms with van der Waals surface area (Å²) in [6.45, 7) is 3.98. The largest absolute Gasteiger partial charge is 0.310 e. The summed E-state index contributed by atoms with van der Waals surface area (Å²) in [6.07, 6.45) is 0. The Balaban J connectivity index is 2.11. The fraction of sp³-hybridized carbons (Fsp3) is 0. The molecule has 0 saturated heterocycles. The first-order valence-electron chi connectivity index (χ1n) is 7.31. The number of anilines is 2. The van der Waals surface area contributed by atoms with E-state index in [1.165, 1.54) is 30.3 Å². The first kappa shape index (κ1) is 15.9.